The number of likely N-dealkylation sites (N-methyl/N-ethyl adjacent to an activating group) is 1. The van der Waals surface area contributed by atoms with Gasteiger partial charge in [0.25, 0.3) is 0 Å². The monoisotopic (exact) mass is 292 g/mol. The summed E-state index contributed by atoms with van der Waals surface area (Å²) in [6.07, 6.45) is 0.616. The van der Waals surface area contributed by atoms with E-state index in [4.69, 9.17) is 4.74 Å². The third-order valence-electron chi connectivity index (χ3n) is 4.16. The van der Waals surface area contributed by atoms with Crippen LogP contribution in [-0.4, -0.2) is 54.9 Å². The highest BCUT2D eigenvalue weighted by Crippen LogP contribution is 2.35. The lowest BCUT2D eigenvalue weighted by molar-refractivity contribution is -0.131. The van der Waals surface area contributed by atoms with Crippen LogP contribution in [0.3, 0.4) is 0 Å². The Morgan fingerprint density at radius 1 is 1.48 bits per heavy atom. The fourth-order valence-corrected chi connectivity index (χ4v) is 2.97. The molecule has 116 valence electrons. The number of carbonyl (C=O) groups excluding carboxylic acids is 1. The smallest absolute Gasteiger partial charge is 0.246 e. The van der Waals surface area contributed by atoms with Gasteiger partial charge in [0.15, 0.2) is 0 Å². The number of rotatable bonds is 4. The maximum absolute atomic E-state index is 11.9. The molecule has 1 amide bonds. The minimum atomic E-state index is -0.948. The molecule has 1 saturated heterocycles. The van der Waals surface area contributed by atoms with Crippen LogP contribution in [0.4, 0.5) is 0 Å². The van der Waals surface area contributed by atoms with Crippen LogP contribution in [0.25, 0.3) is 0 Å². The normalized spacial score (nSPS) is 30.1. The first-order chi connectivity index (χ1) is 9.95. The Morgan fingerprint density at radius 3 is 2.76 bits per heavy atom. The van der Waals surface area contributed by atoms with Crippen LogP contribution >= 0.6 is 0 Å². The van der Waals surface area contributed by atoms with Crippen LogP contribution in [0.5, 0.6) is 0 Å². The third-order valence-corrected chi connectivity index (χ3v) is 4.16. The quantitative estimate of drug-likeness (QED) is 0.867. The third kappa shape index (κ3) is 3.61. The first-order valence-corrected chi connectivity index (χ1v) is 7.21. The maximum Gasteiger partial charge on any atom is 0.246 e. The average Bonchev–Trinajstić information content (AvgIpc) is 2.45. The summed E-state index contributed by atoms with van der Waals surface area (Å²) >= 11 is 0. The number of benzene rings is 1. The molecule has 3 unspecified atom stereocenters. The fourth-order valence-electron chi connectivity index (χ4n) is 2.97. The van der Waals surface area contributed by atoms with Crippen molar-refractivity contribution < 1.29 is 14.6 Å². The molecule has 2 rings (SSSR count). The molecular weight excluding hydrogens is 268 g/mol. The van der Waals surface area contributed by atoms with Gasteiger partial charge in [-0.25, -0.2) is 0 Å². The zero-order chi connectivity index (χ0) is 15.5. The van der Waals surface area contributed by atoms with Crippen molar-refractivity contribution in [1.29, 1.82) is 0 Å². The van der Waals surface area contributed by atoms with E-state index in [2.05, 4.69) is 10.2 Å². The summed E-state index contributed by atoms with van der Waals surface area (Å²) in [6.45, 7) is 2.56. The van der Waals surface area contributed by atoms with Crippen LogP contribution in [0.15, 0.2) is 30.3 Å². The number of ether oxygens (including phenoxy) is 1. The van der Waals surface area contributed by atoms with Gasteiger partial charge in [-0.3, -0.25) is 9.69 Å². The Morgan fingerprint density at radius 2 is 2.14 bits per heavy atom. The predicted molar refractivity (Wildman–Crippen MR) is 80.9 cm³/mol. The number of likely N-dealkylation sites (tertiary alicyclic amines) is 1. The van der Waals surface area contributed by atoms with Crippen molar-refractivity contribution in [3.8, 4) is 0 Å². The number of amides is 1. The molecule has 5 nitrogen and oxygen atoms in total. The highest BCUT2D eigenvalue weighted by atomic mass is 16.5. The largest absolute Gasteiger partial charge is 0.388 e. The van der Waals surface area contributed by atoms with Crippen LogP contribution < -0.4 is 5.32 Å². The molecule has 1 aromatic carbocycles. The lowest BCUT2D eigenvalue weighted by Gasteiger charge is -2.48. The van der Waals surface area contributed by atoms with Gasteiger partial charge in [0.05, 0.1) is 17.7 Å². The van der Waals surface area contributed by atoms with E-state index in [1.807, 2.05) is 37.4 Å². The first kappa shape index (κ1) is 15.9. The summed E-state index contributed by atoms with van der Waals surface area (Å²) in [5.74, 6) is -0.209. The SMILES string of the molecule is COCC(=O)NC1C(c2ccccc2)N(C)CCC1(C)O. The summed E-state index contributed by atoms with van der Waals surface area (Å²) in [6, 6.07) is 9.53. The van der Waals surface area contributed by atoms with Gasteiger partial charge in [0.1, 0.15) is 6.61 Å². The summed E-state index contributed by atoms with van der Waals surface area (Å²) in [5, 5.41) is 13.7. The van der Waals surface area contributed by atoms with E-state index >= 15 is 0 Å². The second-order valence-electron chi connectivity index (χ2n) is 5.92. The van der Waals surface area contributed by atoms with Crippen molar-refractivity contribution in [3.05, 3.63) is 35.9 Å². The number of piperidine rings is 1. The van der Waals surface area contributed by atoms with Gasteiger partial charge in [-0.2, -0.15) is 0 Å². The predicted octanol–water partition coefficient (Wildman–Crippen LogP) is 0.945. The number of nitrogens with zero attached hydrogens (tertiary/aromatic N) is 1. The molecule has 0 bridgehead atoms. The number of hydrogen-bond donors (Lipinski definition) is 2. The van der Waals surface area contributed by atoms with E-state index in [9.17, 15) is 9.90 Å². The number of methoxy groups -OCH3 is 1. The molecule has 0 radical (unpaired) electrons. The van der Waals surface area contributed by atoms with E-state index in [1.54, 1.807) is 6.92 Å². The second-order valence-corrected chi connectivity index (χ2v) is 5.92. The molecule has 1 fully saturated rings. The summed E-state index contributed by atoms with van der Waals surface area (Å²) in [4.78, 5) is 14.1. The molecule has 3 atom stereocenters. The molecule has 0 saturated carbocycles. The standard InChI is InChI=1S/C16H24N2O3/c1-16(20)9-10-18(2)14(12-7-5-4-6-8-12)15(16)17-13(19)11-21-3/h4-8,14-15,20H,9-11H2,1-3H3,(H,17,19). The number of carbonyl (C=O) groups is 1. The van der Waals surface area contributed by atoms with Gasteiger partial charge >= 0.3 is 0 Å². The van der Waals surface area contributed by atoms with E-state index in [0.29, 0.717) is 6.42 Å². The summed E-state index contributed by atoms with van der Waals surface area (Å²) in [5.41, 5.74) is 0.138. The molecule has 2 N–H and O–H groups in total. The Labute approximate surface area is 125 Å². The van der Waals surface area contributed by atoms with Crippen LogP contribution in [-0.2, 0) is 9.53 Å². The van der Waals surface area contributed by atoms with Gasteiger partial charge < -0.3 is 15.2 Å². The van der Waals surface area contributed by atoms with Crippen LogP contribution in [0.1, 0.15) is 24.9 Å². The van der Waals surface area contributed by atoms with Gasteiger partial charge in [0.2, 0.25) is 5.91 Å². The first-order valence-electron chi connectivity index (χ1n) is 7.21. The van der Waals surface area contributed by atoms with Crippen molar-refractivity contribution >= 4 is 5.91 Å². The zero-order valence-electron chi connectivity index (χ0n) is 12.9. The van der Waals surface area contributed by atoms with Crippen molar-refractivity contribution in [2.45, 2.75) is 31.0 Å². The molecule has 21 heavy (non-hydrogen) atoms. The Bertz CT molecular complexity index is 476. The lowest BCUT2D eigenvalue weighted by Crippen LogP contribution is -2.62. The molecule has 0 aromatic heterocycles. The lowest BCUT2D eigenvalue weighted by atomic mass is 9.80. The molecular formula is C16H24N2O3. The van der Waals surface area contributed by atoms with Crippen molar-refractivity contribution in [2.75, 3.05) is 27.3 Å². The Balaban J connectivity index is 2.29. The average molecular weight is 292 g/mol. The molecule has 1 aliphatic rings. The fraction of sp³-hybridized carbons (Fsp3) is 0.562. The van der Waals surface area contributed by atoms with Crippen molar-refractivity contribution in [2.24, 2.45) is 0 Å². The molecule has 1 heterocycles. The molecule has 1 aromatic rings. The summed E-state index contributed by atoms with van der Waals surface area (Å²) < 4.78 is 4.87. The molecule has 5 heteroatoms. The van der Waals surface area contributed by atoms with E-state index < -0.39 is 5.60 Å². The maximum atomic E-state index is 11.9. The second kappa shape index (κ2) is 6.56. The van der Waals surface area contributed by atoms with Crippen molar-refractivity contribution in [1.82, 2.24) is 10.2 Å². The molecule has 1 aliphatic heterocycles. The van der Waals surface area contributed by atoms with Crippen molar-refractivity contribution in [3.63, 3.8) is 0 Å². The van der Waals surface area contributed by atoms with E-state index in [-0.39, 0.29) is 24.6 Å². The number of aliphatic hydroxyl groups is 1. The summed E-state index contributed by atoms with van der Waals surface area (Å²) in [7, 11) is 3.50. The van der Waals surface area contributed by atoms with E-state index in [0.717, 1.165) is 12.1 Å². The number of hydrogen-bond acceptors (Lipinski definition) is 4. The Hall–Kier alpha value is -1.43. The van der Waals surface area contributed by atoms with Crippen LogP contribution in [0.2, 0.25) is 0 Å². The van der Waals surface area contributed by atoms with Gasteiger partial charge in [-0.1, -0.05) is 30.3 Å². The highest BCUT2D eigenvalue weighted by Gasteiger charge is 2.44. The topological polar surface area (TPSA) is 61.8 Å². The van der Waals surface area contributed by atoms with Gasteiger partial charge in [0, 0.05) is 13.7 Å². The van der Waals surface area contributed by atoms with Gasteiger partial charge in [-0.15, -0.1) is 0 Å². The molecule has 0 aliphatic carbocycles. The minimum absolute atomic E-state index is 0.00218. The molecule has 0 spiro atoms. The number of nitrogens with one attached hydrogen (secondary N) is 1. The Kier molecular flexibility index (Phi) is 4.98. The van der Waals surface area contributed by atoms with Crippen LogP contribution in [0, 0.1) is 0 Å². The zero-order valence-corrected chi connectivity index (χ0v) is 12.9. The highest BCUT2D eigenvalue weighted by molar-refractivity contribution is 5.77. The van der Waals surface area contributed by atoms with E-state index in [1.165, 1.54) is 7.11 Å². The minimum Gasteiger partial charge on any atom is -0.388 e. The van der Waals surface area contributed by atoms with Gasteiger partial charge in [-0.05, 0) is 26.0 Å².